The Kier molecular flexibility index (Phi) is 6.67. The van der Waals surface area contributed by atoms with Crippen LogP contribution in [-0.4, -0.2) is 18.0 Å². The molecule has 1 aromatic rings. The third-order valence-corrected chi connectivity index (χ3v) is 4.99. The minimum Gasteiger partial charge on any atom is -0.376 e. The van der Waals surface area contributed by atoms with Gasteiger partial charge in [-0.25, -0.2) is 0 Å². The van der Waals surface area contributed by atoms with Crippen LogP contribution in [0.15, 0.2) is 18.2 Å². The molecule has 0 heterocycles. The van der Waals surface area contributed by atoms with Gasteiger partial charge in [0.1, 0.15) is 0 Å². The van der Waals surface area contributed by atoms with E-state index in [1.54, 1.807) is 0 Å². The second-order valence-corrected chi connectivity index (χ2v) is 7.47. The molecule has 0 aliphatic rings. The molecule has 1 rings (SSSR count). The Morgan fingerprint density at radius 1 is 1.04 bits per heavy atom. The molecule has 0 atom stereocenters. The number of nitrogens with zero attached hydrogens (tertiary/aromatic N) is 1. The van der Waals surface area contributed by atoms with Gasteiger partial charge in [-0.2, -0.15) is 5.06 Å². The van der Waals surface area contributed by atoms with Gasteiger partial charge in [0.05, 0.1) is 6.54 Å². The van der Waals surface area contributed by atoms with Crippen molar-refractivity contribution in [1.82, 2.24) is 5.06 Å². The molecule has 0 aliphatic heterocycles. The summed E-state index contributed by atoms with van der Waals surface area (Å²) in [5.41, 5.74) is 2.56. The molecule has 0 bridgehead atoms. The Morgan fingerprint density at radius 2 is 1.65 bits per heavy atom. The van der Waals surface area contributed by atoms with Crippen molar-refractivity contribution in [2.45, 2.75) is 78.6 Å². The maximum atomic E-state index is 11.1. The first kappa shape index (κ1) is 19.5. The molecule has 0 unspecified atom stereocenters. The molecule has 129 valence electrons. The lowest BCUT2D eigenvalue weighted by atomic mass is 9.76. The van der Waals surface area contributed by atoms with E-state index in [9.17, 15) is 4.79 Å². The fourth-order valence-corrected chi connectivity index (χ4v) is 2.39. The Morgan fingerprint density at radius 3 is 2.13 bits per heavy atom. The van der Waals surface area contributed by atoms with E-state index in [1.807, 2.05) is 19.4 Å². The predicted molar refractivity (Wildman–Crippen MR) is 96.4 cm³/mol. The summed E-state index contributed by atoms with van der Waals surface area (Å²) >= 11 is 0. The number of amides is 1. The van der Waals surface area contributed by atoms with Crippen molar-refractivity contribution >= 4 is 6.41 Å². The van der Waals surface area contributed by atoms with Gasteiger partial charge in [0, 0.05) is 5.56 Å². The lowest BCUT2D eigenvalue weighted by Gasteiger charge is -2.31. The molecule has 23 heavy (non-hydrogen) atoms. The van der Waals surface area contributed by atoms with Gasteiger partial charge in [-0.15, -0.1) is 0 Å². The molecule has 0 aliphatic carbocycles. The summed E-state index contributed by atoms with van der Waals surface area (Å²) in [6.07, 6.45) is 4.77. The monoisotopic (exact) mass is 318 g/mol. The molecule has 0 spiro atoms. The van der Waals surface area contributed by atoms with E-state index in [2.05, 4.69) is 53.7 Å². The largest absolute Gasteiger partial charge is 0.376 e. The number of hydroxylamine groups is 2. The second-order valence-electron chi connectivity index (χ2n) is 7.47. The molecule has 1 amide bonds. The van der Waals surface area contributed by atoms with Crippen LogP contribution in [0.2, 0.25) is 0 Å². The molecule has 1 aromatic carbocycles. The first-order valence-corrected chi connectivity index (χ1v) is 8.70. The summed E-state index contributed by atoms with van der Waals surface area (Å²) in [7, 11) is 0. The van der Waals surface area contributed by atoms with Crippen molar-refractivity contribution < 1.29 is 9.63 Å². The maximum absolute atomic E-state index is 11.1. The Balaban J connectivity index is 3.32. The van der Waals surface area contributed by atoms with Crippen LogP contribution in [0, 0.1) is 0 Å². The van der Waals surface area contributed by atoms with Crippen molar-refractivity contribution in [3.8, 4) is 5.75 Å². The second kappa shape index (κ2) is 7.85. The lowest BCUT2D eigenvalue weighted by Crippen LogP contribution is -2.29. The molecule has 3 heteroatoms. The van der Waals surface area contributed by atoms with Crippen molar-refractivity contribution in [2.24, 2.45) is 0 Å². The van der Waals surface area contributed by atoms with E-state index in [0.717, 1.165) is 30.6 Å². The van der Waals surface area contributed by atoms with Crippen LogP contribution in [0.4, 0.5) is 0 Å². The average Bonchev–Trinajstić information content (AvgIpc) is 2.54. The summed E-state index contributed by atoms with van der Waals surface area (Å²) < 4.78 is 0. The van der Waals surface area contributed by atoms with Crippen molar-refractivity contribution in [3.63, 3.8) is 0 Å². The summed E-state index contributed by atoms with van der Waals surface area (Å²) in [4.78, 5) is 16.9. The van der Waals surface area contributed by atoms with Gasteiger partial charge in [0.2, 0.25) is 0 Å². The molecule has 0 saturated carbocycles. The lowest BCUT2D eigenvalue weighted by molar-refractivity contribution is 0.0140. The molecular weight excluding hydrogens is 286 g/mol. The van der Waals surface area contributed by atoms with E-state index in [0.29, 0.717) is 6.54 Å². The van der Waals surface area contributed by atoms with Crippen LogP contribution in [0.25, 0.3) is 0 Å². The average molecular weight is 318 g/mol. The minimum absolute atomic E-state index is 0.0179. The number of carbonyl (C=O) groups excluding carboxylic acids is 1. The van der Waals surface area contributed by atoms with E-state index in [4.69, 9.17) is 4.84 Å². The zero-order valence-electron chi connectivity index (χ0n) is 15.8. The molecule has 0 fully saturated rings. The van der Waals surface area contributed by atoms with E-state index >= 15 is 0 Å². The van der Waals surface area contributed by atoms with Gasteiger partial charge < -0.3 is 4.84 Å². The number of benzene rings is 1. The standard InChI is InChI=1S/C20H32NO2/c1-8-13-21(15-22)23-18-12-11-16(19(4,5)9-2)14-17(18)20(6,7)10-3/h11-12,14H,8-10,13H2,1-7H3. The van der Waals surface area contributed by atoms with Crippen LogP contribution in [-0.2, 0) is 15.6 Å². The fraction of sp³-hybridized carbons (Fsp3) is 0.650. The summed E-state index contributed by atoms with van der Waals surface area (Å²) in [6, 6.07) is 6.36. The molecule has 0 saturated heterocycles. The Labute approximate surface area is 142 Å². The van der Waals surface area contributed by atoms with Gasteiger partial charge in [0.25, 0.3) is 0 Å². The Bertz CT molecular complexity index is 520. The SMILES string of the molecule is CCCN([C]=O)Oc1ccc(C(C)(C)CC)cc1C(C)(C)CC. The van der Waals surface area contributed by atoms with E-state index < -0.39 is 0 Å². The molecule has 0 aromatic heterocycles. The van der Waals surface area contributed by atoms with E-state index in [-0.39, 0.29) is 10.8 Å². The first-order valence-electron chi connectivity index (χ1n) is 8.70. The third-order valence-electron chi connectivity index (χ3n) is 4.99. The van der Waals surface area contributed by atoms with Crippen LogP contribution >= 0.6 is 0 Å². The highest BCUT2D eigenvalue weighted by Gasteiger charge is 2.27. The van der Waals surface area contributed by atoms with E-state index in [1.165, 1.54) is 10.6 Å². The Hall–Kier alpha value is -1.51. The van der Waals surface area contributed by atoms with Crippen molar-refractivity contribution in [2.75, 3.05) is 6.54 Å². The zero-order valence-corrected chi connectivity index (χ0v) is 15.8. The van der Waals surface area contributed by atoms with Gasteiger partial charge in [-0.05, 0) is 41.7 Å². The summed E-state index contributed by atoms with van der Waals surface area (Å²) in [5, 5.41) is 1.26. The van der Waals surface area contributed by atoms with Crippen LogP contribution in [0.3, 0.4) is 0 Å². The van der Waals surface area contributed by atoms with Crippen LogP contribution < -0.4 is 4.84 Å². The van der Waals surface area contributed by atoms with Gasteiger partial charge >= 0.3 is 6.41 Å². The molecular formula is C20H32NO2. The van der Waals surface area contributed by atoms with Gasteiger partial charge in [-0.3, -0.25) is 4.79 Å². The highest BCUT2D eigenvalue weighted by Crippen LogP contribution is 2.38. The van der Waals surface area contributed by atoms with Gasteiger partial charge in [0.15, 0.2) is 5.75 Å². The fourth-order valence-electron chi connectivity index (χ4n) is 2.39. The quantitative estimate of drug-likeness (QED) is 0.466. The molecule has 1 radical (unpaired) electrons. The number of hydrogen-bond donors (Lipinski definition) is 0. The predicted octanol–water partition coefficient (Wildman–Crippen LogP) is 5.13. The van der Waals surface area contributed by atoms with Crippen molar-refractivity contribution in [1.29, 1.82) is 0 Å². The minimum atomic E-state index is -0.0179. The van der Waals surface area contributed by atoms with Crippen molar-refractivity contribution in [3.05, 3.63) is 29.3 Å². The normalized spacial score (nSPS) is 12.1. The zero-order chi connectivity index (χ0) is 17.7. The first-order chi connectivity index (χ1) is 10.7. The number of hydrogen-bond acceptors (Lipinski definition) is 2. The van der Waals surface area contributed by atoms with Crippen LogP contribution in [0.5, 0.6) is 5.75 Å². The summed E-state index contributed by atoms with van der Waals surface area (Å²) in [6.45, 7) is 15.9. The van der Waals surface area contributed by atoms with Gasteiger partial charge in [-0.1, -0.05) is 60.6 Å². The summed E-state index contributed by atoms with van der Waals surface area (Å²) in [5.74, 6) is 0.754. The highest BCUT2D eigenvalue weighted by molar-refractivity contribution is 5.49. The topological polar surface area (TPSA) is 29.5 Å². The highest BCUT2D eigenvalue weighted by atomic mass is 16.7. The third kappa shape index (κ3) is 4.73. The smallest absolute Gasteiger partial charge is 0.347 e. The number of rotatable bonds is 9. The maximum Gasteiger partial charge on any atom is 0.347 e. The van der Waals surface area contributed by atoms with Crippen LogP contribution in [0.1, 0.15) is 78.9 Å². The molecule has 3 nitrogen and oxygen atoms in total. The molecule has 0 N–H and O–H groups in total.